The number of benzene rings is 2. The third-order valence-electron chi connectivity index (χ3n) is 5.43. The Bertz CT molecular complexity index is 967. The van der Waals surface area contributed by atoms with Crippen molar-refractivity contribution in [2.24, 2.45) is 5.92 Å². The number of carbonyl (C=O) groups is 1. The Hall–Kier alpha value is -2.86. The molecule has 2 atom stereocenters. The Morgan fingerprint density at radius 1 is 1.14 bits per heavy atom. The van der Waals surface area contributed by atoms with Crippen molar-refractivity contribution in [3.05, 3.63) is 59.5 Å². The second kappa shape index (κ2) is 8.66. The van der Waals surface area contributed by atoms with Gasteiger partial charge in [-0.05, 0) is 54.8 Å². The molecule has 0 aliphatic heterocycles. The van der Waals surface area contributed by atoms with Crippen LogP contribution in [0.3, 0.4) is 0 Å². The smallest absolute Gasteiger partial charge is 0.183 e. The molecule has 6 heteroatoms. The topological polar surface area (TPSA) is 71.4 Å². The standard InChI is InChI=1S/C23H24N2O3S/c1-28-18-12-8-16(9-13-18)22(19-4-2-3-5-21(19)27)25-23-24-20(14-29-23)15-6-10-17(26)11-7-15/h6-14,19,22,26H,2-5H2,1H3,(H,24,25). The van der Waals surface area contributed by atoms with Gasteiger partial charge in [0, 0.05) is 23.3 Å². The summed E-state index contributed by atoms with van der Waals surface area (Å²) in [4.78, 5) is 17.4. The van der Waals surface area contributed by atoms with Crippen LogP contribution in [0.15, 0.2) is 53.9 Å². The van der Waals surface area contributed by atoms with E-state index in [1.807, 2.05) is 41.8 Å². The van der Waals surface area contributed by atoms with E-state index in [2.05, 4.69) is 5.32 Å². The first-order chi connectivity index (χ1) is 14.1. The summed E-state index contributed by atoms with van der Waals surface area (Å²) in [5.41, 5.74) is 2.86. The molecule has 29 heavy (non-hydrogen) atoms. The fourth-order valence-electron chi connectivity index (χ4n) is 3.83. The average Bonchev–Trinajstić information content (AvgIpc) is 3.22. The zero-order valence-corrected chi connectivity index (χ0v) is 17.1. The van der Waals surface area contributed by atoms with Gasteiger partial charge < -0.3 is 15.2 Å². The predicted molar refractivity (Wildman–Crippen MR) is 116 cm³/mol. The molecule has 2 unspecified atom stereocenters. The van der Waals surface area contributed by atoms with Crippen LogP contribution in [-0.2, 0) is 4.79 Å². The predicted octanol–water partition coefficient (Wildman–Crippen LogP) is 5.44. The van der Waals surface area contributed by atoms with E-state index in [4.69, 9.17) is 9.72 Å². The van der Waals surface area contributed by atoms with E-state index in [0.717, 1.165) is 47.0 Å². The number of methoxy groups -OCH3 is 1. The molecule has 2 aromatic carbocycles. The van der Waals surface area contributed by atoms with Crippen molar-refractivity contribution in [3.63, 3.8) is 0 Å². The average molecular weight is 409 g/mol. The van der Waals surface area contributed by atoms with Gasteiger partial charge >= 0.3 is 0 Å². The molecule has 2 N–H and O–H groups in total. The molecule has 1 saturated carbocycles. The molecule has 0 spiro atoms. The van der Waals surface area contributed by atoms with Crippen molar-refractivity contribution in [3.8, 4) is 22.8 Å². The summed E-state index contributed by atoms with van der Waals surface area (Å²) in [5.74, 6) is 1.29. The number of aromatic hydroxyl groups is 1. The number of rotatable bonds is 6. The Morgan fingerprint density at radius 2 is 1.90 bits per heavy atom. The number of aromatic nitrogens is 1. The SMILES string of the molecule is COc1ccc(C(Nc2nc(-c3ccc(O)cc3)cs2)C2CCCCC2=O)cc1. The van der Waals surface area contributed by atoms with E-state index in [1.165, 1.54) is 11.3 Å². The summed E-state index contributed by atoms with van der Waals surface area (Å²) < 4.78 is 5.28. The molecule has 5 nitrogen and oxygen atoms in total. The second-order valence-corrected chi connectivity index (χ2v) is 8.16. The van der Waals surface area contributed by atoms with Gasteiger partial charge in [-0.25, -0.2) is 4.98 Å². The maximum absolute atomic E-state index is 12.7. The number of hydrogen-bond donors (Lipinski definition) is 2. The number of phenolic OH excluding ortho intramolecular Hbond substituents is 1. The van der Waals surface area contributed by atoms with Gasteiger partial charge in [0.25, 0.3) is 0 Å². The first-order valence-corrected chi connectivity index (χ1v) is 10.7. The van der Waals surface area contributed by atoms with Crippen LogP contribution in [0.1, 0.15) is 37.3 Å². The normalized spacial score (nSPS) is 17.7. The molecular formula is C23H24N2O3S. The molecule has 0 bridgehead atoms. The van der Waals surface area contributed by atoms with E-state index in [0.29, 0.717) is 12.2 Å². The van der Waals surface area contributed by atoms with Crippen molar-refractivity contribution in [1.29, 1.82) is 0 Å². The summed E-state index contributed by atoms with van der Waals surface area (Å²) in [6, 6.07) is 14.8. The first-order valence-electron chi connectivity index (χ1n) is 9.82. The van der Waals surface area contributed by atoms with E-state index in [-0.39, 0.29) is 17.7 Å². The van der Waals surface area contributed by atoms with E-state index >= 15 is 0 Å². The molecule has 0 amide bonds. The molecular weight excluding hydrogens is 384 g/mol. The van der Waals surface area contributed by atoms with Crippen molar-refractivity contribution >= 4 is 22.3 Å². The Labute approximate surface area is 174 Å². The van der Waals surface area contributed by atoms with E-state index in [9.17, 15) is 9.90 Å². The molecule has 1 aliphatic carbocycles. The number of ether oxygens (including phenoxy) is 1. The lowest BCUT2D eigenvalue weighted by atomic mass is 9.80. The highest BCUT2D eigenvalue weighted by atomic mass is 32.1. The van der Waals surface area contributed by atoms with Crippen LogP contribution in [-0.4, -0.2) is 23.0 Å². The molecule has 1 aliphatic rings. The maximum Gasteiger partial charge on any atom is 0.183 e. The van der Waals surface area contributed by atoms with Gasteiger partial charge in [-0.1, -0.05) is 18.6 Å². The number of thiazole rings is 1. The number of Topliss-reactive ketones (excluding diaryl/α,β-unsaturated/α-hetero) is 1. The lowest BCUT2D eigenvalue weighted by molar-refractivity contribution is -0.125. The highest BCUT2D eigenvalue weighted by molar-refractivity contribution is 7.14. The zero-order chi connectivity index (χ0) is 20.2. The van der Waals surface area contributed by atoms with E-state index < -0.39 is 0 Å². The Morgan fingerprint density at radius 3 is 2.59 bits per heavy atom. The summed E-state index contributed by atoms with van der Waals surface area (Å²) >= 11 is 1.52. The lowest BCUT2D eigenvalue weighted by Gasteiger charge is -2.30. The van der Waals surface area contributed by atoms with Gasteiger partial charge in [0.1, 0.15) is 17.3 Å². The number of anilines is 1. The van der Waals surface area contributed by atoms with Gasteiger partial charge in [-0.2, -0.15) is 0 Å². The van der Waals surface area contributed by atoms with Crippen molar-refractivity contribution in [2.75, 3.05) is 12.4 Å². The number of phenols is 1. The van der Waals surface area contributed by atoms with Crippen molar-refractivity contribution in [2.45, 2.75) is 31.7 Å². The molecule has 150 valence electrons. The number of nitrogens with one attached hydrogen (secondary N) is 1. The highest BCUT2D eigenvalue weighted by Gasteiger charge is 2.32. The van der Waals surface area contributed by atoms with Crippen LogP contribution in [0.25, 0.3) is 11.3 Å². The molecule has 0 saturated heterocycles. The van der Waals surface area contributed by atoms with Gasteiger partial charge in [0.05, 0.1) is 18.8 Å². The van der Waals surface area contributed by atoms with Crippen LogP contribution in [0.5, 0.6) is 11.5 Å². The molecule has 4 rings (SSSR count). The first kappa shape index (κ1) is 19.5. The molecule has 1 fully saturated rings. The van der Waals surface area contributed by atoms with Crippen LogP contribution < -0.4 is 10.1 Å². The van der Waals surface area contributed by atoms with Crippen LogP contribution in [0, 0.1) is 5.92 Å². The second-order valence-electron chi connectivity index (χ2n) is 7.30. The van der Waals surface area contributed by atoms with Crippen LogP contribution in [0.4, 0.5) is 5.13 Å². The van der Waals surface area contributed by atoms with Gasteiger partial charge in [-0.15, -0.1) is 11.3 Å². The monoisotopic (exact) mass is 408 g/mol. The van der Waals surface area contributed by atoms with Gasteiger partial charge in [0.2, 0.25) is 0 Å². The molecule has 1 aromatic heterocycles. The number of ketones is 1. The number of carbonyl (C=O) groups excluding carboxylic acids is 1. The number of nitrogens with zero attached hydrogens (tertiary/aromatic N) is 1. The number of hydrogen-bond acceptors (Lipinski definition) is 6. The summed E-state index contributed by atoms with van der Waals surface area (Å²) in [7, 11) is 1.65. The summed E-state index contributed by atoms with van der Waals surface area (Å²) in [6.45, 7) is 0. The minimum Gasteiger partial charge on any atom is -0.508 e. The van der Waals surface area contributed by atoms with E-state index in [1.54, 1.807) is 19.2 Å². The Balaban J connectivity index is 1.61. The molecule has 0 radical (unpaired) electrons. The largest absolute Gasteiger partial charge is 0.508 e. The van der Waals surface area contributed by atoms with Crippen molar-refractivity contribution in [1.82, 2.24) is 4.98 Å². The fourth-order valence-corrected chi connectivity index (χ4v) is 4.59. The third kappa shape index (κ3) is 4.43. The van der Waals surface area contributed by atoms with Crippen LogP contribution in [0.2, 0.25) is 0 Å². The zero-order valence-electron chi connectivity index (χ0n) is 16.3. The third-order valence-corrected chi connectivity index (χ3v) is 6.20. The van der Waals surface area contributed by atoms with Gasteiger partial charge in [0.15, 0.2) is 5.13 Å². The highest BCUT2D eigenvalue weighted by Crippen LogP contribution is 2.37. The molecule has 1 heterocycles. The van der Waals surface area contributed by atoms with Crippen LogP contribution >= 0.6 is 11.3 Å². The maximum atomic E-state index is 12.7. The summed E-state index contributed by atoms with van der Waals surface area (Å²) in [6.07, 6.45) is 3.59. The quantitative estimate of drug-likeness (QED) is 0.568. The lowest BCUT2D eigenvalue weighted by Crippen LogP contribution is -2.30. The fraction of sp³-hybridized carbons (Fsp3) is 0.304. The Kier molecular flexibility index (Phi) is 5.81. The van der Waals surface area contributed by atoms with Crippen molar-refractivity contribution < 1.29 is 14.6 Å². The molecule has 3 aromatic rings. The minimum atomic E-state index is -0.118. The minimum absolute atomic E-state index is 0.0573. The van der Waals surface area contributed by atoms with Gasteiger partial charge in [-0.3, -0.25) is 4.79 Å². The summed E-state index contributed by atoms with van der Waals surface area (Å²) in [5, 5.41) is 15.8.